The predicted octanol–water partition coefficient (Wildman–Crippen LogP) is 0.657. The van der Waals surface area contributed by atoms with E-state index in [1.165, 1.54) is 18.3 Å². The molecule has 2 aromatic rings. The second-order valence-corrected chi connectivity index (χ2v) is 6.00. The predicted molar refractivity (Wildman–Crippen MR) is 70.2 cm³/mol. The Kier molecular flexibility index (Phi) is 4.17. The summed E-state index contributed by atoms with van der Waals surface area (Å²) in [6, 6.07) is 2.86. The summed E-state index contributed by atoms with van der Waals surface area (Å²) in [5.74, 6) is 0.578. The first kappa shape index (κ1) is 14.6. The molecule has 0 saturated heterocycles. The van der Waals surface area contributed by atoms with Gasteiger partial charge < -0.3 is 9.63 Å². The number of aliphatic hydroxyl groups excluding tert-OH is 1. The monoisotopic (exact) mass is 297 g/mol. The Balaban J connectivity index is 2.15. The number of aryl methyl sites for hydroxylation is 2. The number of nitrogens with one attached hydrogen (secondary N) is 1. The van der Waals surface area contributed by atoms with E-state index in [4.69, 9.17) is 9.63 Å². The van der Waals surface area contributed by atoms with E-state index in [0.717, 1.165) is 0 Å². The molecule has 0 saturated carbocycles. The lowest BCUT2D eigenvalue weighted by Gasteiger charge is -2.06. The lowest BCUT2D eigenvalue weighted by molar-refractivity contribution is 0.281. The standard InChI is InChI=1S/C12H15N3O4S/c1-8-11(9(2)19-15-8)6-14-20(17,18)12-4-3-10(7-16)5-13-12/h3-5,14,16H,6-7H2,1-2H3. The summed E-state index contributed by atoms with van der Waals surface area (Å²) in [5.41, 5.74) is 1.91. The second-order valence-electron chi connectivity index (χ2n) is 4.29. The highest BCUT2D eigenvalue weighted by atomic mass is 32.2. The van der Waals surface area contributed by atoms with Gasteiger partial charge in [0.25, 0.3) is 10.0 Å². The van der Waals surface area contributed by atoms with Gasteiger partial charge in [0.05, 0.1) is 12.3 Å². The maximum Gasteiger partial charge on any atom is 0.258 e. The third-order valence-electron chi connectivity index (χ3n) is 2.88. The maximum atomic E-state index is 12.1. The third-order valence-corrected chi connectivity index (χ3v) is 4.19. The van der Waals surface area contributed by atoms with Gasteiger partial charge in [-0.3, -0.25) is 0 Å². The average molecular weight is 297 g/mol. The molecule has 2 heterocycles. The molecular weight excluding hydrogens is 282 g/mol. The molecule has 0 radical (unpaired) electrons. The van der Waals surface area contributed by atoms with Gasteiger partial charge in [-0.1, -0.05) is 11.2 Å². The van der Waals surface area contributed by atoms with Crippen molar-refractivity contribution >= 4 is 10.0 Å². The summed E-state index contributed by atoms with van der Waals surface area (Å²) in [6.45, 7) is 3.37. The number of aromatic nitrogens is 2. The summed E-state index contributed by atoms with van der Waals surface area (Å²) in [5, 5.41) is 12.6. The Labute approximate surface area is 116 Å². The van der Waals surface area contributed by atoms with Crippen molar-refractivity contribution in [1.29, 1.82) is 0 Å². The first-order chi connectivity index (χ1) is 9.44. The lowest BCUT2D eigenvalue weighted by Crippen LogP contribution is -2.24. The number of pyridine rings is 1. The van der Waals surface area contributed by atoms with E-state index >= 15 is 0 Å². The fourth-order valence-electron chi connectivity index (χ4n) is 1.66. The van der Waals surface area contributed by atoms with Gasteiger partial charge in [-0.15, -0.1) is 0 Å². The van der Waals surface area contributed by atoms with Crippen molar-refractivity contribution < 1.29 is 18.0 Å². The van der Waals surface area contributed by atoms with Gasteiger partial charge in [-0.25, -0.2) is 18.1 Å². The zero-order valence-corrected chi connectivity index (χ0v) is 11.9. The average Bonchev–Trinajstić information content (AvgIpc) is 2.76. The molecule has 0 aromatic carbocycles. The van der Waals surface area contributed by atoms with Crippen LogP contribution in [0.4, 0.5) is 0 Å². The van der Waals surface area contributed by atoms with Crippen LogP contribution >= 0.6 is 0 Å². The molecule has 0 atom stereocenters. The van der Waals surface area contributed by atoms with Crippen molar-refractivity contribution in [2.24, 2.45) is 0 Å². The van der Waals surface area contributed by atoms with Crippen LogP contribution in [-0.2, 0) is 23.2 Å². The van der Waals surface area contributed by atoms with Crippen LogP contribution in [0.25, 0.3) is 0 Å². The molecule has 0 aliphatic carbocycles. The molecule has 7 nitrogen and oxygen atoms in total. The van der Waals surface area contributed by atoms with Crippen LogP contribution in [0, 0.1) is 13.8 Å². The number of hydrogen-bond acceptors (Lipinski definition) is 6. The van der Waals surface area contributed by atoms with Crippen LogP contribution in [0.3, 0.4) is 0 Å². The molecule has 108 valence electrons. The number of nitrogens with zero attached hydrogens (tertiary/aromatic N) is 2. The summed E-state index contributed by atoms with van der Waals surface area (Å²) in [7, 11) is -3.71. The van der Waals surface area contributed by atoms with Gasteiger partial charge in [0, 0.05) is 18.3 Å². The summed E-state index contributed by atoms with van der Waals surface area (Å²) >= 11 is 0. The van der Waals surface area contributed by atoms with E-state index < -0.39 is 10.0 Å². The molecule has 0 bridgehead atoms. The molecule has 2 aromatic heterocycles. The van der Waals surface area contributed by atoms with Gasteiger partial charge in [0.2, 0.25) is 0 Å². The van der Waals surface area contributed by atoms with E-state index in [2.05, 4.69) is 14.9 Å². The van der Waals surface area contributed by atoms with Gasteiger partial charge in [-0.2, -0.15) is 0 Å². The van der Waals surface area contributed by atoms with Crippen molar-refractivity contribution in [1.82, 2.24) is 14.9 Å². The molecule has 20 heavy (non-hydrogen) atoms. The molecule has 8 heteroatoms. The highest BCUT2D eigenvalue weighted by Gasteiger charge is 2.17. The second kappa shape index (κ2) is 5.70. The van der Waals surface area contributed by atoms with Gasteiger partial charge >= 0.3 is 0 Å². The largest absolute Gasteiger partial charge is 0.392 e. The molecule has 0 aliphatic rings. The zero-order chi connectivity index (χ0) is 14.8. The summed E-state index contributed by atoms with van der Waals surface area (Å²) in [4.78, 5) is 3.82. The molecule has 0 amide bonds. The fraction of sp³-hybridized carbons (Fsp3) is 0.333. The molecule has 0 aliphatic heterocycles. The summed E-state index contributed by atoms with van der Waals surface area (Å²) < 4.78 is 31.5. The first-order valence-electron chi connectivity index (χ1n) is 5.91. The van der Waals surface area contributed by atoms with Gasteiger partial charge in [-0.05, 0) is 25.5 Å². The van der Waals surface area contributed by atoms with Crippen molar-refractivity contribution in [2.75, 3.05) is 0 Å². The van der Waals surface area contributed by atoms with Crippen LogP contribution in [-0.4, -0.2) is 23.7 Å². The van der Waals surface area contributed by atoms with E-state index in [1.807, 2.05) is 0 Å². The van der Waals surface area contributed by atoms with Crippen molar-refractivity contribution in [3.63, 3.8) is 0 Å². The van der Waals surface area contributed by atoms with E-state index in [9.17, 15) is 8.42 Å². The molecule has 0 spiro atoms. The highest BCUT2D eigenvalue weighted by Crippen LogP contribution is 2.13. The van der Waals surface area contributed by atoms with Crippen molar-refractivity contribution in [2.45, 2.75) is 32.0 Å². The maximum absolute atomic E-state index is 12.1. The minimum absolute atomic E-state index is 0.0902. The molecular formula is C12H15N3O4S. The number of sulfonamides is 1. The fourth-order valence-corrected chi connectivity index (χ4v) is 2.58. The molecule has 2 rings (SSSR count). The SMILES string of the molecule is Cc1noc(C)c1CNS(=O)(=O)c1ccc(CO)cn1. The van der Waals surface area contributed by atoms with Crippen LogP contribution in [0.15, 0.2) is 27.9 Å². The Bertz CT molecular complexity index is 672. The van der Waals surface area contributed by atoms with E-state index in [1.54, 1.807) is 13.8 Å². The molecule has 2 N–H and O–H groups in total. The van der Waals surface area contributed by atoms with Crippen molar-refractivity contribution in [3.05, 3.63) is 40.9 Å². The molecule has 0 unspecified atom stereocenters. The smallest absolute Gasteiger partial charge is 0.258 e. The van der Waals surface area contributed by atoms with Gasteiger partial charge in [0.1, 0.15) is 5.76 Å². The Morgan fingerprint density at radius 1 is 1.35 bits per heavy atom. The zero-order valence-electron chi connectivity index (χ0n) is 11.1. The third kappa shape index (κ3) is 3.03. The van der Waals surface area contributed by atoms with Crippen molar-refractivity contribution in [3.8, 4) is 0 Å². The minimum atomic E-state index is -3.71. The van der Waals surface area contributed by atoms with Crippen LogP contribution < -0.4 is 4.72 Å². The van der Waals surface area contributed by atoms with E-state index in [0.29, 0.717) is 22.6 Å². The minimum Gasteiger partial charge on any atom is -0.392 e. The summed E-state index contributed by atoms with van der Waals surface area (Å²) in [6.07, 6.45) is 1.32. The van der Waals surface area contributed by atoms with Gasteiger partial charge in [0.15, 0.2) is 5.03 Å². The lowest BCUT2D eigenvalue weighted by atomic mass is 10.2. The van der Waals surface area contributed by atoms with E-state index in [-0.39, 0.29) is 18.2 Å². The van der Waals surface area contributed by atoms with Crippen LogP contribution in [0.2, 0.25) is 0 Å². The number of hydrogen-bond donors (Lipinski definition) is 2. The Morgan fingerprint density at radius 3 is 2.60 bits per heavy atom. The van der Waals surface area contributed by atoms with Crippen LogP contribution in [0.5, 0.6) is 0 Å². The quantitative estimate of drug-likeness (QED) is 0.839. The highest BCUT2D eigenvalue weighted by molar-refractivity contribution is 7.89. The number of rotatable bonds is 5. The van der Waals surface area contributed by atoms with Crippen LogP contribution in [0.1, 0.15) is 22.6 Å². The first-order valence-corrected chi connectivity index (χ1v) is 7.39. The Morgan fingerprint density at radius 2 is 2.10 bits per heavy atom. The molecule has 0 fully saturated rings. The number of aliphatic hydroxyl groups is 1. The normalized spacial score (nSPS) is 11.8. The Hall–Kier alpha value is -1.77. The topological polar surface area (TPSA) is 105 Å².